The van der Waals surface area contributed by atoms with Crippen LogP contribution in [-0.4, -0.2) is 27.7 Å². The second kappa shape index (κ2) is 5.73. The second-order valence-electron chi connectivity index (χ2n) is 4.82. The first kappa shape index (κ1) is 14.0. The van der Waals surface area contributed by atoms with Gasteiger partial charge in [0.15, 0.2) is 0 Å². The van der Waals surface area contributed by atoms with Crippen LogP contribution in [0.2, 0.25) is 0 Å². The summed E-state index contributed by atoms with van der Waals surface area (Å²) < 4.78 is 37.4. The van der Waals surface area contributed by atoms with Crippen LogP contribution < -0.4 is 5.32 Å². The molecule has 4 nitrogen and oxygen atoms in total. The highest BCUT2D eigenvalue weighted by Gasteiger charge is 2.32. The monoisotopic (exact) mass is 275 g/mol. The van der Waals surface area contributed by atoms with E-state index in [4.69, 9.17) is 0 Å². The lowest BCUT2D eigenvalue weighted by Gasteiger charge is -2.25. The third kappa shape index (κ3) is 4.05. The number of nitrogens with zero attached hydrogens (tertiary/aromatic N) is 2. The first-order chi connectivity index (χ1) is 8.95. The number of rotatable bonds is 3. The number of nitrogens with one attached hydrogen (secondary N) is 1. The minimum absolute atomic E-state index is 0.000877. The van der Waals surface area contributed by atoms with Gasteiger partial charge < -0.3 is 10.4 Å². The maximum Gasteiger partial charge on any atom is 0.433 e. The molecule has 19 heavy (non-hydrogen) atoms. The zero-order valence-corrected chi connectivity index (χ0v) is 10.3. The predicted octanol–water partition coefficient (Wildman–Crippen LogP) is 2.46. The van der Waals surface area contributed by atoms with Crippen molar-refractivity contribution < 1.29 is 18.3 Å². The standard InChI is InChI=1S/C12H16F3N3O/c13-12(14,15)10-5-6-16-11(18-10)17-7-8-1-3-9(19)4-2-8/h5-6,8-9,19H,1-4,7H2,(H,16,17,18). The number of aliphatic hydroxyl groups is 1. The van der Waals surface area contributed by atoms with Gasteiger partial charge in [-0.1, -0.05) is 0 Å². The van der Waals surface area contributed by atoms with Gasteiger partial charge in [0.1, 0.15) is 5.69 Å². The molecule has 1 aromatic heterocycles. The van der Waals surface area contributed by atoms with Gasteiger partial charge >= 0.3 is 6.18 Å². The van der Waals surface area contributed by atoms with E-state index in [0.29, 0.717) is 12.5 Å². The Kier molecular flexibility index (Phi) is 4.24. The maximum absolute atomic E-state index is 12.5. The number of anilines is 1. The molecule has 0 unspecified atom stereocenters. The van der Waals surface area contributed by atoms with Crippen molar-refractivity contribution in [3.05, 3.63) is 18.0 Å². The summed E-state index contributed by atoms with van der Waals surface area (Å²) in [5.74, 6) is 0.350. The van der Waals surface area contributed by atoms with E-state index in [1.807, 2.05) is 0 Å². The third-order valence-corrected chi connectivity index (χ3v) is 3.31. The zero-order valence-electron chi connectivity index (χ0n) is 10.3. The molecule has 1 saturated carbocycles. The Morgan fingerprint density at radius 2 is 1.95 bits per heavy atom. The first-order valence-electron chi connectivity index (χ1n) is 6.27. The number of hydrogen-bond acceptors (Lipinski definition) is 4. The van der Waals surface area contributed by atoms with Crippen LogP contribution in [0.5, 0.6) is 0 Å². The number of halogens is 3. The summed E-state index contributed by atoms with van der Waals surface area (Å²) in [6, 6.07) is 0.849. The van der Waals surface area contributed by atoms with Crippen LogP contribution in [0, 0.1) is 5.92 Å². The SMILES string of the molecule is OC1CCC(CNc2nccc(C(F)(F)F)n2)CC1. The molecule has 0 amide bonds. The normalized spacial score (nSPS) is 24.2. The van der Waals surface area contributed by atoms with E-state index in [0.717, 1.165) is 37.9 Å². The van der Waals surface area contributed by atoms with E-state index in [-0.39, 0.29) is 12.1 Å². The molecule has 2 N–H and O–H groups in total. The molecule has 0 aromatic carbocycles. The second-order valence-corrected chi connectivity index (χ2v) is 4.82. The van der Waals surface area contributed by atoms with E-state index in [2.05, 4.69) is 15.3 Å². The van der Waals surface area contributed by atoms with Crippen molar-refractivity contribution >= 4 is 5.95 Å². The lowest BCUT2D eigenvalue weighted by molar-refractivity contribution is -0.141. The van der Waals surface area contributed by atoms with Crippen LogP contribution >= 0.6 is 0 Å². The van der Waals surface area contributed by atoms with Crippen molar-refractivity contribution in [2.24, 2.45) is 5.92 Å². The van der Waals surface area contributed by atoms with E-state index < -0.39 is 11.9 Å². The fraction of sp³-hybridized carbons (Fsp3) is 0.667. The molecule has 0 saturated heterocycles. The van der Waals surface area contributed by atoms with Crippen LogP contribution in [0.25, 0.3) is 0 Å². The largest absolute Gasteiger partial charge is 0.433 e. The van der Waals surface area contributed by atoms with Gasteiger partial charge in [-0.25, -0.2) is 9.97 Å². The minimum Gasteiger partial charge on any atom is -0.393 e. The molecular weight excluding hydrogens is 259 g/mol. The Morgan fingerprint density at radius 3 is 2.58 bits per heavy atom. The molecule has 0 bridgehead atoms. The van der Waals surface area contributed by atoms with Crippen molar-refractivity contribution in [1.82, 2.24) is 9.97 Å². The van der Waals surface area contributed by atoms with Crippen LogP contribution in [0.3, 0.4) is 0 Å². The molecule has 1 heterocycles. The van der Waals surface area contributed by atoms with E-state index >= 15 is 0 Å². The molecule has 106 valence electrons. The molecule has 0 aliphatic heterocycles. The highest BCUT2D eigenvalue weighted by Crippen LogP contribution is 2.28. The Morgan fingerprint density at radius 1 is 1.26 bits per heavy atom. The van der Waals surface area contributed by atoms with Crippen LogP contribution in [0.1, 0.15) is 31.4 Å². The van der Waals surface area contributed by atoms with Crippen molar-refractivity contribution in [3.63, 3.8) is 0 Å². The van der Waals surface area contributed by atoms with Gasteiger partial charge in [0.25, 0.3) is 0 Å². The van der Waals surface area contributed by atoms with Crippen LogP contribution in [0.4, 0.5) is 19.1 Å². The molecule has 1 aromatic rings. The topological polar surface area (TPSA) is 58.0 Å². The lowest BCUT2D eigenvalue weighted by Crippen LogP contribution is -2.24. The summed E-state index contributed by atoms with van der Waals surface area (Å²) >= 11 is 0. The summed E-state index contributed by atoms with van der Waals surface area (Å²) in [6.07, 6.45) is -0.357. The summed E-state index contributed by atoms with van der Waals surface area (Å²) in [6.45, 7) is 0.536. The Hall–Kier alpha value is -1.37. The lowest BCUT2D eigenvalue weighted by atomic mass is 9.87. The quantitative estimate of drug-likeness (QED) is 0.889. The van der Waals surface area contributed by atoms with E-state index in [1.54, 1.807) is 0 Å². The van der Waals surface area contributed by atoms with Gasteiger partial charge in [0.2, 0.25) is 5.95 Å². The smallest absolute Gasteiger partial charge is 0.393 e. The van der Waals surface area contributed by atoms with Crippen LogP contribution in [0.15, 0.2) is 12.3 Å². The average molecular weight is 275 g/mol. The van der Waals surface area contributed by atoms with Crippen molar-refractivity contribution in [2.45, 2.75) is 38.0 Å². The van der Waals surface area contributed by atoms with Gasteiger partial charge in [-0.15, -0.1) is 0 Å². The summed E-state index contributed by atoms with van der Waals surface area (Å²) in [4.78, 5) is 7.23. The summed E-state index contributed by atoms with van der Waals surface area (Å²) in [5, 5.41) is 12.2. The molecule has 0 spiro atoms. The van der Waals surface area contributed by atoms with Gasteiger partial charge in [-0.3, -0.25) is 0 Å². The molecule has 1 aliphatic rings. The summed E-state index contributed by atoms with van der Waals surface area (Å²) in [7, 11) is 0. The van der Waals surface area contributed by atoms with Crippen molar-refractivity contribution in [2.75, 3.05) is 11.9 Å². The molecular formula is C12H16F3N3O. The van der Waals surface area contributed by atoms with Crippen molar-refractivity contribution in [1.29, 1.82) is 0 Å². The number of aromatic nitrogens is 2. The molecule has 0 radical (unpaired) electrons. The molecule has 1 fully saturated rings. The van der Waals surface area contributed by atoms with E-state index in [1.165, 1.54) is 0 Å². The maximum atomic E-state index is 12.5. The number of aliphatic hydroxyl groups excluding tert-OH is 1. The summed E-state index contributed by atoms with van der Waals surface area (Å²) in [5.41, 5.74) is -0.941. The number of alkyl halides is 3. The Balaban J connectivity index is 1.89. The van der Waals surface area contributed by atoms with Crippen molar-refractivity contribution in [3.8, 4) is 0 Å². The first-order valence-corrected chi connectivity index (χ1v) is 6.27. The average Bonchev–Trinajstić information content (AvgIpc) is 2.37. The van der Waals surface area contributed by atoms with Gasteiger partial charge in [0, 0.05) is 12.7 Å². The van der Waals surface area contributed by atoms with Crippen LogP contribution in [-0.2, 0) is 6.18 Å². The highest BCUT2D eigenvalue weighted by atomic mass is 19.4. The number of hydrogen-bond donors (Lipinski definition) is 2. The Bertz CT molecular complexity index is 417. The third-order valence-electron chi connectivity index (χ3n) is 3.31. The predicted molar refractivity (Wildman–Crippen MR) is 63.5 cm³/mol. The zero-order chi connectivity index (χ0) is 13.9. The minimum atomic E-state index is -4.45. The molecule has 1 aliphatic carbocycles. The molecule has 7 heteroatoms. The highest BCUT2D eigenvalue weighted by molar-refractivity contribution is 5.26. The fourth-order valence-corrected chi connectivity index (χ4v) is 2.19. The molecule has 2 rings (SSSR count). The van der Waals surface area contributed by atoms with Gasteiger partial charge in [-0.2, -0.15) is 13.2 Å². The van der Waals surface area contributed by atoms with Gasteiger partial charge in [0.05, 0.1) is 6.10 Å². The van der Waals surface area contributed by atoms with E-state index in [9.17, 15) is 18.3 Å². The Labute approximate surface area is 109 Å². The molecule has 0 atom stereocenters. The van der Waals surface area contributed by atoms with Gasteiger partial charge in [-0.05, 0) is 37.7 Å². The fourth-order valence-electron chi connectivity index (χ4n) is 2.19.